The van der Waals surface area contributed by atoms with Gasteiger partial charge in [0, 0.05) is 43.5 Å². The highest BCUT2D eigenvalue weighted by molar-refractivity contribution is 5.56. The Balaban J connectivity index is 1.64. The van der Waals surface area contributed by atoms with Gasteiger partial charge in [0.15, 0.2) is 11.6 Å². The largest absolute Gasteiger partial charge is 0.493 e. The van der Waals surface area contributed by atoms with Gasteiger partial charge < -0.3 is 24.3 Å². The number of benzene rings is 1. The quantitative estimate of drug-likeness (QED) is 0.812. The average molecular weight is 416 g/mol. The molecule has 6 nitrogen and oxygen atoms in total. The van der Waals surface area contributed by atoms with Gasteiger partial charge in [0.2, 0.25) is 0 Å². The molecule has 1 N–H and O–H groups in total. The molecular formula is C23H30FN3O3. The lowest BCUT2D eigenvalue weighted by Gasteiger charge is -2.34. The summed E-state index contributed by atoms with van der Waals surface area (Å²) in [6.07, 6.45) is 5.00. The first-order chi connectivity index (χ1) is 14.7. The zero-order valence-corrected chi connectivity index (χ0v) is 17.5. The third kappa shape index (κ3) is 4.61. The van der Waals surface area contributed by atoms with Crippen LogP contribution in [0.5, 0.6) is 5.75 Å². The maximum Gasteiger partial charge on any atom is 0.251 e. The van der Waals surface area contributed by atoms with E-state index in [0.717, 1.165) is 62.4 Å². The van der Waals surface area contributed by atoms with Crippen molar-refractivity contribution in [2.45, 2.75) is 38.1 Å². The van der Waals surface area contributed by atoms with E-state index < -0.39 is 0 Å². The SMILES string of the molecule is COc1c(F)cccc1C[C@@H]1CCCCCN1c1cc(N2CCOCC2)cc(=O)[nH]1. The van der Waals surface area contributed by atoms with Crippen LogP contribution in [0.3, 0.4) is 0 Å². The summed E-state index contributed by atoms with van der Waals surface area (Å²) >= 11 is 0. The van der Waals surface area contributed by atoms with Gasteiger partial charge in [-0.25, -0.2) is 4.39 Å². The number of anilines is 2. The van der Waals surface area contributed by atoms with Crippen molar-refractivity contribution in [3.63, 3.8) is 0 Å². The second-order valence-corrected chi connectivity index (χ2v) is 8.02. The summed E-state index contributed by atoms with van der Waals surface area (Å²) < 4.78 is 25.0. The highest BCUT2D eigenvalue weighted by Crippen LogP contribution is 2.30. The summed E-state index contributed by atoms with van der Waals surface area (Å²) in [6, 6.07) is 8.99. The zero-order chi connectivity index (χ0) is 20.9. The standard InChI is InChI=1S/C23H30FN3O3/c1-29-23-17(6-5-8-20(23)24)14-18-7-3-2-4-9-27(18)21-15-19(16-22(28)25-21)26-10-12-30-13-11-26/h5-6,8,15-16,18H,2-4,7,9-14H2,1H3,(H,25,28)/t18-/m0/s1. The average Bonchev–Trinajstić information content (AvgIpc) is 3.00. The molecule has 1 atom stereocenters. The van der Waals surface area contributed by atoms with Crippen LogP contribution >= 0.6 is 0 Å². The fraction of sp³-hybridized carbons (Fsp3) is 0.522. The van der Waals surface area contributed by atoms with Gasteiger partial charge >= 0.3 is 0 Å². The highest BCUT2D eigenvalue weighted by atomic mass is 19.1. The normalized spacial score (nSPS) is 20.1. The van der Waals surface area contributed by atoms with E-state index in [-0.39, 0.29) is 17.4 Å². The minimum atomic E-state index is -0.335. The molecule has 0 radical (unpaired) electrons. The topological polar surface area (TPSA) is 57.8 Å². The first kappa shape index (κ1) is 20.7. The minimum Gasteiger partial charge on any atom is -0.493 e. The van der Waals surface area contributed by atoms with Crippen LogP contribution in [-0.4, -0.2) is 51.0 Å². The summed E-state index contributed by atoms with van der Waals surface area (Å²) in [5, 5.41) is 0. The van der Waals surface area contributed by atoms with Crippen molar-refractivity contribution in [3.8, 4) is 5.75 Å². The number of nitrogens with one attached hydrogen (secondary N) is 1. The monoisotopic (exact) mass is 415 g/mol. The van der Waals surface area contributed by atoms with E-state index in [0.29, 0.717) is 25.4 Å². The lowest BCUT2D eigenvalue weighted by molar-refractivity contribution is 0.122. The third-order valence-electron chi connectivity index (χ3n) is 6.09. The number of aromatic nitrogens is 1. The zero-order valence-electron chi connectivity index (χ0n) is 17.5. The fourth-order valence-corrected chi connectivity index (χ4v) is 4.58. The Kier molecular flexibility index (Phi) is 6.57. The molecule has 0 saturated carbocycles. The van der Waals surface area contributed by atoms with Crippen LogP contribution < -0.4 is 20.1 Å². The Labute approximate surface area is 176 Å². The van der Waals surface area contributed by atoms with Crippen LogP contribution in [0.1, 0.15) is 31.2 Å². The molecule has 30 heavy (non-hydrogen) atoms. The molecule has 1 aromatic heterocycles. The van der Waals surface area contributed by atoms with E-state index in [9.17, 15) is 9.18 Å². The Morgan fingerprint density at radius 1 is 1.17 bits per heavy atom. The number of pyridine rings is 1. The predicted molar refractivity (Wildman–Crippen MR) is 116 cm³/mol. The number of H-pyrrole nitrogens is 1. The Hall–Kier alpha value is -2.54. The predicted octanol–water partition coefficient (Wildman–Crippen LogP) is 3.35. The number of methoxy groups -OCH3 is 1. The summed E-state index contributed by atoms with van der Waals surface area (Å²) in [7, 11) is 1.51. The van der Waals surface area contributed by atoms with E-state index >= 15 is 0 Å². The van der Waals surface area contributed by atoms with Gasteiger partial charge in [-0.1, -0.05) is 25.0 Å². The molecule has 0 aliphatic carbocycles. The van der Waals surface area contributed by atoms with Crippen molar-refractivity contribution in [1.29, 1.82) is 0 Å². The molecule has 3 heterocycles. The number of halogens is 1. The Morgan fingerprint density at radius 2 is 2.00 bits per heavy atom. The van der Waals surface area contributed by atoms with E-state index in [1.807, 2.05) is 6.07 Å². The van der Waals surface area contributed by atoms with Gasteiger partial charge in [-0.05, 0) is 30.9 Å². The number of morpholine rings is 1. The van der Waals surface area contributed by atoms with Gasteiger partial charge in [-0.2, -0.15) is 0 Å². The molecule has 2 aromatic rings. The second kappa shape index (κ2) is 9.51. The molecule has 2 aliphatic rings. The fourth-order valence-electron chi connectivity index (χ4n) is 4.58. The van der Waals surface area contributed by atoms with Crippen LogP contribution in [0.25, 0.3) is 0 Å². The molecule has 0 bridgehead atoms. The van der Waals surface area contributed by atoms with Crippen LogP contribution in [0.15, 0.2) is 35.1 Å². The van der Waals surface area contributed by atoms with E-state index in [4.69, 9.17) is 9.47 Å². The Morgan fingerprint density at radius 3 is 2.80 bits per heavy atom. The molecule has 0 spiro atoms. The summed E-state index contributed by atoms with van der Waals surface area (Å²) in [5.41, 5.74) is 1.70. The van der Waals surface area contributed by atoms with Gasteiger partial charge in [-0.3, -0.25) is 4.79 Å². The van der Waals surface area contributed by atoms with Crippen LogP contribution in [-0.2, 0) is 11.2 Å². The molecule has 0 amide bonds. The van der Waals surface area contributed by atoms with Crippen LogP contribution in [0.4, 0.5) is 15.9 Å². The van der Waals surface area contributed by atoms with Crippen molar-refractivity contribution in [3.05, 3.63) is 52.1 Å². The smallest absolute Gasteiger partial charge is 0.251 e. The second-order valence-electron chi connectivity index (χ2n) is 8.02. The number of rotatable bonds is 5. The van der Waals surface area contributed by atoms with Crippen LogP contribution in [0, 0.1) is 5.82 Å². The molecule has 1 aromatic carbocycles. The lowest BCUT2D eigenvalue weighted by atomic mass is 9.99. The number of hydrogen-bond donors (Lipinski definition) is 1. The Bertz CT molecular complexity index is 911. The number of nitrogens with zero attached hydrogens (tertiary/aromatic N) is 2. The maximum atomic E-state index is 14.2. The van der Waals surface area contributed by atoms with Gasteiger partial charge in [0.05, 0.1) is 20.3 Å². The molecule has 2 aliphatic heterocycles. The molecule has 4 rings (SSSR count). The first-order valence-electron chi connectivity index (χ1n) is 10.8. The van der Waals surface area contributed by atoms with Crippen molar-refractivity contribution >= 4 is 11.5 Å². The van der Waals surface area contributed by atoms with E-state index in [1.54, 1.807) is 12.1 Å². The van der Waals surface area contributed by atoms with Gasteiger partial charge in [-0.15, -0.1) is 0 Å². The van der Waals surface area contributed by atoms with Crippen LogP contribution in [0.2, 0.25) is 0 Å². The summed E-state index contributed by atoms with van der Waals surface area (Å²) in [5.74, 6) is 0.821. The third-order valence-corrected chi connectivity index (χ3v) is 6.09. The van der Waals surface area contributed by atoms with Gasteiger partial charge in [0.25, 0.3) is 5.56 Å². The van der Waals surface area contributed by atoms with E-state index in [2.05, 4.69) is 20.9 Å². The highest BCUT2D eigenvalue weighted by Gasteiger charge is 2.25. The number of aromatic amines is 1. The molecule has 162 valence electrons. The first-order valence-corrected chi connectivity index (χ1v) is 10.8. The van der Waals surface area contributed by atoms with Crippen molar-refractivity contribution in [2.24, 2.45) is 0 Å². The molecule has 2 saturated heterocycles. The molecule has 2 fully saturated rings. The maximum absolute atomic E-state index is 14.2. The summed E-state index contributed by atoms with van der Waals surface area (Å²) in [4.78, 5) is 20.0. The minimum absolute atomic E-state index is 0.0969. The molecular weight excluding hydrogens is 385 g/mol. The van der Waals surface area contributed by atoms with Crippen molar-refractivity contribution < 1.29 is 13.9 Å². The van der Waals surface area contributed by atoms with Crippen molar-refractivity contribution in [2.75, 3.05) is 49.8 Å². The van der Waals surface area contributed by atoms with E-state index in [1.165, 1.54) is 13.2 Å². The lowest BCUT2D eigenvalue weighted by Crippen LogP contribution is -2.39. The summed E-state index contributed by atoms with van der Waals surface area (Å²) in [6.45, 7) is 3.78. The number of ether oxygens (including phenoxy) is 2. The van der Waals surface area contributed by atoms with Gasteiger partial charge in [0.1, 0.15) is 5.82 Å². The molecule has 7 heteroatoms. The molecule has 0 unspecified atom stereocenters. The number of para-hydroxylation sites is 1. The van der Waals surface area contributed by atoms with Crippen molar-refractivity contribution in [1.82, 2.24) is 4.98 Å². The number of hydrogen-bond acceptors (Lipinski definition) is 5.